The van der Waals surface area contributed by atoms with Crippen molar-refractivity contribution in [1.29, 1.82) is 0 Å². The van der Waals surface area contributed by atoms with E-state index in [1.54, 1.807) is 11.3 Å². The molecule has 0 spiro atoms. The first kappa shape index (κ1) is 23.6. The van der Waals surface area contributed by atoms with E-state index < -0.39 is 0 Å². The predicted octanol–water partition coefficient (Wildman–Crippen LogP) is 10.7. The number of para-hydroxylation sites is 1. The third-order valence-corrected chi connectivity index (χ3v) is 10.6. The minimum Gasteiger partial charge on any atom is -0.309 e. The molecule has 11 aromatic rings. The van der Waals surface area contributed by atoms with Crippen LogP contribution in [0.15, 0.2) is 133 Å². The summed E-state index contributed by atoms with van der Waals surface area (Å²) in [5, 5.41) is 6.46. The molecule has 0 aliphatic rings. The van der Waals surface area contributed by atoms with Gasteiger partial charge in [0.15, 0.2) is 5.82 Å². The Hall–Kier alpha value is -5.78. The first-order valence-corrected chi connectivity index (χ1v) is 16.0. The Morgan fingerprint density at radius 3 is 2.11 bits per heavy atom. The summed E-state index contributed by atoms with van der Waals surface area (Å²) < 4.78 is 7.22. The van der Waals surface area contributed by atoms with Crippen molar-refractivity contribution in [3.8, 4) is 28.3 Å². The van der Waals surface area contributed by atoms with Crippen LogP contribution in [0.25, 0.3) is 97.8 Å². The zero-order valence-corrected chi connectivity index (χ0v) is 24.7. The Morgan fingerprint density at radius 1 is 0.489 bits per heavy atom. The number of hydrogen-bond donors (Lipinski definition) is 0. The van der Waals surface area contributed by atoms with Crippen molar-refractivity contribution >= 4 is 80.8 Å². The van der Waals surface area contributed by atoms with Crippen molar-refractivity contribution in [2.45, 2.75) is 0 Å². The molecule has 4 nitrogen and oxygen atoms in total. The minimum atomic E-state index is 0.744. The standard InChI is InChI=1S/C40H22N4S/c1-2-9-23(10-3-1)36-39-37(28-12-5-7-16-33(28)45-39)42-40(41-36)24-17-19-25(20-18-24)43-30-14-8-15-31-34(30)35-32(43)22-21-27-26-11-4-6-13-29(26)44(31)38(27)35/h1-22H. The lowest BCUT2D eigenvalue weighted by molar-refractivity contribution is 1.17. The minimum absolute atomic E-state index is 0.744. The molecule has 5 aromatic heterocycles. The maximum Gasteiger partial charge on any atom is 0.160 e. The molecule has 0 radical (unpaired) electrons. The van der Waals surface area contributed by atoms with E-state index in [0.717, 1.165) is 38.5 Å². The molecule has 6 aromatic carbocycles. The Kier molecular flexibility index (Phi) is 4.43. The monoisotopic (exact) mass is 590 g/mol. The second-order valence-corrected chi connectivity index (χ2v) is 12.9. The normalized spacial score (nSPS) is 12.4. The van der Waals surface area contributed by atoms with Gasteiger partial charge in [0.05, 0.1) is 43.5 Å². The van der Waals surface area contributed by atoms with Crippen LogP contribution in [-0.4, -0.2) is 18.9 Å². The summed E-state index contributed by atoms with van der Waals surface area (Å²) in [6.45, 7) is 0. The molecule has 0 aliphatic heterocycles. The summed E-state index contributed by atoms with van der Waals surface area (Å²) in [5.74, 6) is 0.744. The number of benzene rings is 6. The number of rotatable bonds is 3. The number of hydrogen-bond acceptors (Lipinski definition) is 3. The molecule has 0 unspecified atom stereocenters. The highest BCUT2D eigenvalue weighted by Gasteiger charge is 2.25. The molecule has 5 heteroatoms. The van der Waals surface area contributed by atoms with Crippen molar-refractivity contribution in [3.05, 3.63) is 133 Å². The molecule has 11 rings (SSSR count). The predicted molar refractivity (Wildman–Crippen MR) is 188 cm³/mol. The summed E-state index contributed by atoms with van der Waals surface area (Å²) in [7, 11) is 0. The summed E-state index contributed by atoms with van der Waals surface area (Å²) in [6, 6.07) is 47.8. The van der Waals surface area contributed by atoms with Crippen LogP contribution in [0, 0.1) is 0 Å². The van der Waals surface area contributed by atoms with E-state index in [1.165, 1.54) is 59.2 Å². The first-order valence-electron chi connectivity index (χ1n) is 15.2. The Bertz CT molecular complexity index is 2910. The lowest BCUT2D eigenvalue weighted by atomic mass is 10.1. The van der Waals surface area contributed by atoms with Gasteiger partial charge in [0.2, 0.25) is 0 Å². The van der Waals surface area contributed by atoms with E-state index in [1.807, 2.05) is 6.07 Å². The summed E-state index contributed by atoms with van der Waals surface area (Å²) in [5.41, 5.74) is 11.5. The van der Waals surface area contributed by atoms with Crippen LogP contribution in [0.3, 0.4) is 0 Å². The zero-order chi connectivity index (χ0) is 29.2. The number of nitrogens with zero attached hydrogens (tertiary/aromatic N) is 4. The Balaban J connectivity index is 1.12. The molecular weight excluding hydrogens is 569 g/mol. The average Bonchev–Trinajstić information content (AvgIpc) is 3.84. The maximum absolute atomic E-state index is 5.18. The molecular formula is C40H22N4S. The Labute approximate surface area is 260 Å². The largest absolute Gasteiger partial charge is 0.309 e. The van der Waals surface area contributed by atoms with Crippen molar-refractivity contribution in [2.75, 3.05) is 0 Å². The summed E-state index contributed by atoms with van der Waals surface area (Å²) in [4.78, 5) is 10.3. The van der Waals surface area contributed by atoms with Gasteiger partial charge in [-0.05, 0) is 54.6 Å². The maximum atomic E-state index is 5.18. The molecule has 0 bridgehead atoms. The highest BCUT2D eigenvalue weighted by Crippen LogP contribution is 2.46. The quantitative estimate of drug-likeness (QED) is 0.205. The van der Waals surface area contributed by atoms with Gasteiger partial charge < -0.3 is 8.97 Å². The van der Waals surface area contributed by atoms with Crippen molar-refractivity contribution in [2.24, 2.45) is 0 Å². The molecule has 0 saturated carbocycles. The van der Waals surface area contributed by atoms with Crippen molar-refractivity contribution in [1.82, 2.24) is 18.9 Å². The van der Waals surface area contributed by atoms with E-state index in [0.29, 0.717) is 0 Å². The second-order valence-electron chi connectivity index (χ2n) is 11.8. The molecule has 45 heavy (non-hydrogen) atoms. The van der Waals surface area contributed by atoms with Crippen LogP contribution in [-0.2, 0) is 0 Å². The molecule has 0 N–H and O–H groups in total. The van der Waals surface area contributed by atoms with E-state index in [2.05, 4.69) is 136 Å². The van der Waals surface area contributed by atoms with Crippen LogP contribution >= 0.6 is 11.3 Å². The van der Waals surface area contributed by atoms with Gasteiger partial charge >= 0.3 is 0 Å². The fourth-order valence-electron chi connectivity index (χ4n) is 7.57. The molecule has 0 fully saturated rings. The summed E-state index contributed by atoms with van der Waals surface area (Å²) in [6.07, 6.45) is 0. The van der Waals surface area contributed by atoms with Crippen LogP contribution in [0.1, 0.15) is 0 Å². The van der Waals surface area contributed by atoms with Gasteiger partial charge in [0.25, 0.3) is 0 Å². The van der Waals surface area contributed by atoms with E-state index in [-0.39, 0.29) is 0 Å². The second kappa shape index (κ2) is 8.44. The van der Waals surface area contributed by atoms with Gasteiger partial charge in [-0.15, -0.1) is 11.3 Å². The lowest BCUT2D eigenvalue weighted by Crippen LogP contribution is -1.96. The fourth-order valence-corrected chi connectivity index (χ4v) is 8.72. The van der Waals surface area contributed by atoms with Gasteiger partial charge in [-0.25, -0.2) is 9.97 Å². The zero-order valence-electron chi connectivity index (χ0n) is 23.9. The van der Waals surface area contributed by atoms with Gasteiger partial charge in [-0.3, -0.25) is 0 Å². The molecule has 0 aliphatic carbocycles. The van der Waals surface area contributed by atoms with E-state index in [9.17, 15) is 0 Å². The topological polar surface area (TPSA) is 35.1 Å². The van der Waals surface area contributed by atoms with Gasteiger partial charge in [-0.2, -0.15) is 0 Å². The molecule has 5 heterocycles. The van der Waals surface area contributed by atoms with Gasteiger partial charge in [0, 0.05) is 48.4 Å². The third-order valence-electron chi connectivity index (χ3n) is 9.46. The van der Waals surface area contributed by atoms with Crippen LogP contribution in [0.4, 0.5) is 0 Å². The molecule has 0 atom stereocenters. The fraction of sp³-hybridized carbons (Fsp3) is 0. The van der Waals surface area contributed by atoms with Crippen molar-refractivity contribution < 1.29 is 0 Å². The van der Waals surface area contributed by atoms with Crippen molar-refractivity contribution in [3.63, 3.8) is 0 Å². The average molecular weight is 591 g/mol. The first-order chi connectivity index (χ1) is 22.3. The SMILES string of the molecule is c1ccc(-c2nc(-c3ccc(-n4c5cccc6c5c5c4ccc4c7ccccc7n6c45)cc3)nc3c2sc2ccccc23)cc1. The number of aromatic nitrogens is 4. The number of thiophene rings is 1. The Morgan fingerprint density at radius 2 is 1.22 bits per heavy atom. The van der Waals surface area contributed by atoms with Gasteiger partial charge in [-0.1, -0.05) is 78.9 Å². The lowest BCUT2D eigenvalue weighted by Gasteiger charge is -2.11. The van der Waals surface area contributed by atoms with Crippen LogP contribution < -0.4 is 0 Å². The van der Waals surface area contributed by atoms with E-state index in [4.69, 9.17) is 9.97 Å². The van der Waals surface area contributed by atoms with Crippen LogP contribution in [0.5, 0.6) is 0 Å². The van der Waals surface area contributed by atoms with E-state index >= 15 is 0 Å². The highest BCUT2D eigenvalue weighted by atomic mass is 32.1. The molecule has 0 amide bonds. The molecule has 208 valence electrons. The smallest absolute Gasteiger partial charge is 0.160 e. The highest BCUT2D eigenvalue weighted by molar-refractivity contribution is 7.26. The summed E-state index contributed by atoms with van der Waals surface area (Å²) >= 11 is 1.77. The van der Waals surface area contributed by atoms with Crippen LogP contribution in [0.2, 0.25) is 0 Å². The number of fused-ring (bicyclic) bond motifs is 7. The van der Waals surface area contributed by atoms with Gasteiger partial charge in [0.1, 0.15) is 0 Å². The third kappa shape index (κ3) is 3.00. The molecule has 0 saturated heterocycles.